The number of pyridine rings is 1. The van der Waals surface area contributed by atoms with Crippen molar-refractivity contribution in [1.29, 1.82) is 0 Å². The molecule has 0 spiro atoms. The second kappa shape index (κ2) is 5.92. The largest absolute Gasteiger partial charge is 0.415 e. The van der Waals surface area contributed by atoms with Crippen molar-refractivity contribution in [2.75, 3.05) is 6.54 Å². The van der Waals surface area contributed by atoms with E-state index in [1.165, 1.54) is 12.3 Å². The first-order chi connectivity index (χ1) is 11.3. The lowest BCUT2D eigenvalue weighted by molar-refractivity contribution is -0.233. The highest BCUT2D eigenvalue weighted by Gasteiger charge is 2.59. The molecule has 126 valence electrons. The molecule has 1 atom stereocenters. The molecule has 0 saturated heterocycles. The minimum atomic E-state index is -4.56. The van der Waals surface area contributed by atoms with Gasteiger partial charge in [-0.1, -0.05) is 30.3 Å². The number of benzene rings is 1. The third kappa shape index (κ3) is 2.66. The molecule has 3 nitrogen and oxygen atoms in total. The van der Waals surface area contributed by atoms with Gasteiger partial charge in [-0.15, -0.1) is 0 Å². The van der Waals surface area contributed by atoms with Gasteiger partial charge in [0.2, 0.25) is 5.91 Å². The summed E-state index contributed by atoms with van der Waals surface area (Å²) >= 11 is 0. The minimum absolute atomic E-state index is 0.0477. The van der Waals surface area contributed by atoms with Crippen molar-refractivity contribution in [2.24, 2.45) is 0 Å². The SMILES string of the molecule is C[C@@]1(C(F)(F)F)c2ccccc2CCN1C(=O)Cc1cccnc1. The van der Waals surface area contributed by atoms with E-state index in [0.717, 1.165) is 11.8 Å². The summed E-state index contributed by atoms with van der Waals surface area (Å²) in [5, 5.41) is 0. The lowest BCUT2D eigenvalue weighted by Gasteiger charge is -2.46. The fourth-order valence-corrected chi connectivity index (χ4v) is 3.27. The summed E-state index contributed by atoms with van der Waals surface area (Å²) in [6.45, 7) is 1.14. The number of carbonyl (C=O) groups is 1. The van der Waals surface area contributed by atoms with E-state index in [1.54, 1.807) is 36.5 Å². The summed E-state index contributed by atoms with van der Waals surface area (Å²) in [7, 11) is 0. The highest BCUT2D eigenvalue weighted by molar-refractivity contribution is 5.80. The maximum atomic E-state index is 13.9. The highest BCUT2D eigenvalue weighted by Crippen LogP contribution is 2.47. The first kappa shape index (κ1) is 16.5. The second-order valence-electron chi connectivity index (χ2n) is 6.06. The predicted octanol–water partition coefficient (Wildman–Crippen LogP) is 3.49. The van der Waals surface area contributed by atoms with E-state index in [2.05, 4.69) is 4.98 Å². The van der Waals surface area contributed by atoms with Crippen molar-refractivity contribution in [1.82, 2.24) is 9.88 Å². The van der Waals surface area contributed by atoms with Gasteiger partial charge in [0.1, 0.15) is 0 Å². The third-order valence-electron chi connectivity index (χ3n) is 4.62. The molecule has 0 radical (unpaired) electrons. The number of hydrogen-bond acceptors (Lipinski definition) is 2. The van der Waals surface area contributed by atoms with Gasteiger partial charge >= 0.3 is 6.18 Å². The van der Waals surface area contributed by atoms with E-state index in [4.69, 9.17) is 0 Å². The molecule has 0 N–H and O–H groups in total. The van der Waals surface area contributed by atoms with E-state index in [9.17, 15) is 18.0 Å². The minimum Gasteiger partial charge on any atom is -0.324 e. The molecular formula is C18H17F3N2O. The molecular weight excluding hydrogens is 317 g/mol. The zero-order valence-electron chi connectivity index (χ0n) is 13.2. The Bertz CT molecular complexity index is 745. The van der Waals surface area contributed by atoms with Crippen molar-refractivity contribution in [3.63, 3.8) is 0 Å². The van der Waals surface area contributed by atoms with Crippen molar-refractivity contribution >= 4 is 5.91 Å². The molecule has 2 heterocycles. The summed E-state index contributed by atoms with van der Waals surface area (Å²) in [5.41, 5.74) is -0.918. The number of rotatable bonds is 2. The number of halogens is 3. The molecule has 6 heteroatoms. The summed E-state index contributed by atoms with van der Waals surface area (Å²) in [4.78, 5) is 17.5. The van der Waals surface area contributed by atoms with Crippen molar-refractivity contribution < 1.29 is 18.0 Å². The van der Waals surface area contributed by atoms with Crippen LogP contribution in [0.1, 0.15) is 23.6 Å². The lowest BCUT2D eigenvalue weighted by atomic mass is 9.81. The molecule has 0 fully saturated rings. The second-order valence-corrected chi connectivity index (χ2v) is 6.06. The van der Waals surface area contributed by atoms with Crippen LogP contribution in [-0.2, 0) is 23.2 Å². The average Bonchev–Trinajstić information content (AvgIpc) is 2.55. The van der Waals surface area contributed by atoms with E-state index >= 15 is 0 Å². The summed E-state index contributed by atoms with van der Waals surface area (Å²) in [5.74, 6) is -0.544. The van der Waals surface area contributed by atoms with Gasteiger partial charge in [-0.05, 0) is 36.1 Å². The molecule has 0 saturated carbocycles. The smallest absolute Gasteiger partial charge is 0.324 e. The molecule has 1 aromatic heterocycles. The molecule has 1 aliphatic heterocycles. The monoisotopic (exact) mass is 334 g/mol. The molecule has 1 aromatic carbocycles. The summed E-state index contributed by atoms with van der Waals surface area (Å²) in [6, 6.07) is 9.82. The maximum absolute atomic E-state index is 13.9. The predicted molar refractivity (Wildman–Crippen MR) is 83.2 cm³/mol. The topological polar surface area (TPSA) is 33.2 Å². The molecule has 1 amide bonds. The lowest BCUT2D eigenvalue weighted by Crippen LogP contribution is -2.59. The van der Waals surface area contributed by atoms with E-state index < -0.39 is 17.6 Å². The zero-order valence-corrected chi connectivity index (χ0v) is 13.2. The zero-order chi connectivity index (χ0) is 17.4. The molecule has 0 aliphatic carbocycles. The standard InChI is InChI=1S/C18H17F3N2O/c1-17(18(19,20)21)15-7-3-2-6-14(15)8-10-23(17)16(24)11-13-5-4-9-22-12-13/h2-7,9,12H,8,10-11H2,1H3/t17-/m0/s1. The Morgan fingerprint density at radius 1 is 1.25 bits per heavy atom. The van der Waals surface area contributed by atoms with Crippen LogP contribution in [0.3, 0.4) is 0 Å². The highest BCUT2D eigenvalue weighted by atomic mass is 19.4. The van der Waals surface area contributed by atoms with Crippen LogP contribution < -0.4 is 0 Å². The van der Waals surface area contributed by atoms with Gasteiger partial charge in [-0.25, -0.2) is 0 Å². The van der Waals surface area contributed by atoms with Gasteiger partial charge in [-0.2, -0.15) is 13.2 Å². The Morgan fingerprint density at radius 2 is 2.00 bits per heavy atom. The Hall–Kier alpha value is -2.37. The van der Waals surface area contributed by atoms with Crippen molar-refractivity contribution in [2.45, 2.75) is 31.5 Å². The maximum Gasteiger partial charge on any atom is 0.415 e. The van der Waals surface area contributed by atoms with Crippen molar-refractivity contribution in [3.8, 4) is 0 Å². The van der Waals surface area contributed by atoms with Gasteiger partial charge in [0.15, 0.2) is 5.54 Å². The average molecular weight is 334 g/mol. The van der Waals surface area contributed by atoms with Crippen LogP contribution >= 0.6 is 0 Å². The molecule has 0 bridgehead atoms. The molecule has 0 unspecified atom stereocenters. The third-order valence-corrected chi connectivity index (χ3v) is 4.62. The number of amides is 1. The van der Waals surface area contributed by atoms with Gasteiger partial charge < -0.3 is 4.90 Å². The molecule has 1 aliphatic rings. The van der Waals surface area contributed by atoms with Crippen LogP contribution in [0.2, 0.25) is 0 Å². The summed E-state index contributed by atoms with van der Waals surface area (Å²) < 4.78 is 41.8. The molecule has 2 aromatic rings. The fourth-order valence-electron chi connectivity index (χ4n) is 3.27. The fraction of sp³-hybridized carbons (Fsp3) is 0.333. The van der Waals surface area contributed by atoms with Crippen LogP contribution in [0.15, 0.2) is 48.8 Å². The van der Waals surface area contributed by atoms with Gasteiger partial charge in [-0.3, -0.25) is 9.78 Å². The Kier molecular flexibility index (Phi) is 4.07. The van der Waals surface area contributed by atoms with Crippen LogP contribution in [0.5, 0.6) is 0 Å². The van der Waals surface area contributed by atoms with Crippen LogP contribution in [-0.4, -0.2) is 28.5 Å². The Balaban J connectivity index is 2.00. The number of nitrogens with zero attached hydrogens (tertiary/aromatic N) is 2. The van der Waals surface area contributed by atoms with Gasteiger partial charge in [0.05, 0.1) is 6.42 Å². The number of fused-ring (bicyclic) bond motifs is 1. The first-order valence-electron chi connectivity index (χ1n) is 7.68. The normalized spacial score (nSPS) is 20.6. The van der Waals surface area contributed by atoms with E-state index in [-0.39, 0.29) is 18.5 Å². The van der Waals surface area contributed by atoms with Gasteiger partial charge in [0, 0.05) is 18.9 Å². The number of alkyl halides is 3. The summed E-state index contributed by atoms with van der Waals surface area (Å²) in [6.07, 6.45) is -1.18. The van der Waals surface area contributed by atoms with Gasteiger partial charge in [0.25, 0.3) is 0 Å². The Labute approximate surface area is 138 Å². The molecule has 24 heavy (non-hydrogen) atoms. The first-order valence-corrected chi connectivity index (χ1v) is 7.68. The van der Waals surface area contributed by atoms with Crippen LogP contribution in [0, 0.1) is 0 Å². The number of hydrogen-bond donors (Lipinski definition) is 0. The van der Waals surface area contributed by atoms with Crippen molar-refractivity contribution in [3.05, 3.63) is 65.5 Å². The Morgan fingerprint density at radius 3 is 2.67 bits per heavy atom. The number of aromatic nitrogens is 1. The van der Waals surface area contributed by atoms with Crippen LogP contribution in [0.25, 0.3) is 0 Å². The van der Waals surface area contributed by atoms with Crippen LogP contribution in [0.4, 0.5) is 13.2 Å². The number of carbonyl (C=O) groups excluding carboxylic acids is 1. The molecule has 3 rings (SSSR count). The van der Waals surface area contributed by atoms with E-state index in [1.807, 2.05) is 0 Å². The van der Waals surface area contributed by atoms with E-state index in [0.29, 0.717) is 17.5 Å². The quantitative estimate of drug-likeness (QED) is 0.842.